The van der Waals surface area contributed by atoms with Crippen LogP contribution in [0.4, 0.5) is 0 Å². The number of fused-ring (bicyclic) bond motifs is 1. The van der Waals surface area contributed by atoms with Crippen molar-refractivity contribution in [3.05, 3.63) is 36.0 Å². The van der Waals surface area contributed by atoms with Gasteiger partial charge in [-0.25, -0.2) is 0 Å². The Bertz CT molecular complexity index is 450. The lowest BCUT2D eigenvalue weighted by Crippen LogP contribution is -2.25. The number of H-pyrrole nitrogens is 1. The highest BCUT2D eigenvalue weighted by molar-refractivity contribution is 5.79. The van der Waals surface area contributed by atoms with Gasteiger partial charge in [-0.3, -0.25) is 0 Å². The molecule has 2 rings (SSSR count). The SMILES string of the molecule is COC(C)CNCc1ccc2[nH]ccc2c1. The molecule has 2 N–H and O–H groups in total. The summed E-state index contributed by atoms with van der Waals surface area (Å²) >= 11 is 0. The van der Waals surface area contributed by atoms with Crippen molar-refractivity contribution >= 4 is 10.9 Å². The van der Waals surface area contributed by atoms with Crippen molar-refractivity contribution in [3.8, 4) is 0 Å². The average molecular weight is 218 g/mol. The fraction of sp³-hybridized carbons (Fsp3) is 0.385. The lowest BCUT2D eigenvalue weighted by molar-refractivity contribution is 0.117. The minimum Gasteiger partial charge on any atom is -0.380 e. The van der Waals surface area contributed by atoms with Crippen molar-refractivity contribution in [1.82, 2.24) is 10.3 Å². The van der Waals surface area contributed by atoms with Gasteiger partial charge in [0.15, 0.2) is 0 Å². The summed E-state index contributed by atoms with van der Waals surface area (Å²) in [6.45, 7) is 3.82. The zero-order chi connectivity index (χ0) is 11.4. The van der Waals surface area contributed by atoms with Crippen molar-refractivity contribution < 1.29 is 4.74 Å². The third-order valence-electron chi connectivity index (χ3n) is 2.78. The fourth-order valence-corrected chi connectivity index (χ4v) is 1.72. The molecular formula is C13H18N2O. The highest BCUT2D eigenvalue weighted by atomic mass is 16.5. The second-order valence-electron chi connectivity index (χ2n) is 4.08. The number of nitrogens with one attached hydrogen (secondary N) is 2. The largest absolute Gasteiger partial charge is 0.380 e. The van der Waals surface area contributed by atoms with Gasteiger partial charge in [0, 0.05) is 31.9 Å². The summed E-state index contributed by atoms with van der Waals surface area (Å²) in [7, 11) is 1.73. The van der Waals surface area contributed by atoms with Gasteiger partial charge in [-0.05, 0) is 36.1 Å². The first-order valence-corrected chi connectivity index (χ1v) is 5.59. The molecule has 1 aromatic carbocycles. The number of hydrogen-bond donors (Lipinski definition) is 2. The van der Waals surface area contributed by atoms with Crippen LogP contribution in [0.2, 0.25) is 0 Å². The van der Waals surface area contributed by atoms with Crippen LogP contribution in [0.15, 0.2) is 30.5 Å². The molecule has 0 radical (unpaired) electrons. The van der Waals surface area contributed by atoms with Gasteiger partial charge in [-0.1, -0.05) is 6.07 Å². The van der Waals surface area contributed by atoms with Crippen LogP contribution < -0.4 is 5.32 Å². The second kappa shape index (κ2) is 5.14. The lowest BCUT2D eigenvalue weighted by Gasteiger charge is -2.10. The molecule has 86 valence electrons. The first kappa shape index (κ1) is 11.2. The van der Waals surface area contributed by atoms with E-state index in [1.165, 1.54) is 16.5 Å². The maximum Gasteiger partial charge on any atom is 0.0667 e. The van der Waals surface area contributed by atoms with E-state index >= 15 is 0 Å². The van der Waals surface area contributed by atoms with Crippen molar-refractivity contribution in [2.45, 2.75) is 19.6 Å². The smallest absolute Gasteiger partial charge is 0.0667 e. The monoisotopic (exact) mass is 218 g/mol. The van der Waals surface area contributed by atoms with Gasteiger partial charge in [0.05, 0.1) is 6.10 Å². The highest BCUT2D eigenvalue weighted by Crippen LogP contribution is 2.13. The molecular weight excluding hydrogens is 200 g/mol. The van der Waals surface area contributed by atoms with Crippen LogP contribution in [0, 0.1) is 0 Å². The van der Waals surface area contributed by atoms with Gasteiger partial charge in [0.25, 0.3) is 0 Å². The molecule has 0 bridgehead atoms. The summed E-state index contributed by atoms with van der Waals surface area (Å²) in [5, 5.41) is 4.64. The van der Waals surface area contributed by atoms with Gasteiger partial charge in [0.1, 0.15) is 0 Å². The van der Waals surface area contributed by atoms with E-state index < -0.39 is 0 Å². The van der Waals surface area contributed by atoms with Crippen LogP contribution >= 0.6 is 0 Å². The topological polar surface area (TPSA) is 37.0 Å². The Labute approximate surface area is 95.8 Å². The average Bonchev–Trinajstić information content (AvgIpc) is 2.76. The molecule has 0 amide bonds. The Morgan fingerprint density at radius 2 is 2.25 bits per heavy atom. The molecule has 0 saturated heterocycles. The Kier molecular flexibility index (Phi) is 3.59. The summed E-state index contributed by atoms with van der Waals surface area (Å²) in [6.07, 6.45) is 2.23. The Morgan fingerprint density at radius 1 is 1.38 bits per heavy atom. The van der Waals surface area contributed by atoms with Crippen LogP contribution in [0.25, 0.3) is 10.9 Å². The van der Waals surface area contributed by atoms with E-state index in [2.05, 4.69) is 41.5 Å². The quantitative estimate of drug-likeness (QED) is 0.808. The zero-order valence-electron chi connectivity index (χ0n) is 9.79. The minimum absolute atomic E-state index is 0.260. The first-order chi connectivity index (χ1) is 7.79. The summed E-state index contributed by atoms with van der Waals surface area (Å²) in [6, 6.07) is 8.56. The Morgan fingerprint density at radius 3 is 3.06 bits per heavy atom. The van der Waals surface area contributed by atoms with Crippen LogP contribution in [-0.4, -0.2) is 24.7 Å². The third kappa shape index (κ3) is 2.62. The molecule has 3 nitrogen and oxygen atoms in total. The molecule has 1 atom stereocenters. The number of aromatic nitrogens is 1. The van der Waals surface area contributed by atoms with E-state index in [0.717, 1.165) is 13.1 Å². The standard InChI is InChI=1S/C13H18N2O/c1-10(16-2)8-14-9-11-3-4-13-12(7-11)5-6-15-13/h3-7,10,14-15H,8-9H2,1-2H3. The van der Waals surface area contributed by atoms with E-state index in [9.17, 15) is 0 Å². The van der Waals surface area contributed by atoms with Crippen LogP contribution in [0.3, 0.4) is 0 Å². The lowest BCUT2D eigenvalue weighted by atomic mass is 10.1. The van der Waals surface area contributed by atoms with E-state index in [0.29, 0.717) is 0 Å². The van der Waals surface area contributed by atoms with Crippen LogP contribution in [-0.2, 0) is 11.3 Å². The number of aromatic amines is 1. The summed E-state index contributed by atoms with van der Waals surface area (Å²) < 4.78 is 5.18. The predicted molar refractivity (Wildman–Crippen MR) is 66.5 cm³/mol. The molecule has 1 heterocycles. The number of methoxy groups -OCH3 is 1. The molecule has 3 heteroatoms. The number of ether oxygens (including phenoxy) is 1. The first-order valence-electron chi connectivity index (χ1n) is 5.59. The maximum atomic E-state index is 5.18. The Hall–Kier alpha value is -1.32. The van der Waals surface area contributed by atoms with Gasteiger partial charge in [-0.2, -0.15) is 0 Å². The van der Waals surface area contributed by atoms with Crippen molar-refractivity contribution in [2.24, 2.45) is 0 Å². The van der Waals surface area contributed by atoms with Gasteiger partial charge in [0.2, 0.25) is 0 Å². The molecule has 0 aliphatic heterocycles. The number of rotatable bonds is 5. The summed E-state index contributed by atoms with van der Waals surface area (Å²) in [5.74, 6) is 0. The molecule has 0 saturated carbocycles. The molecule has 0 spiro atoms. The minimum atomic E-state index is 0.260. The summed E-state index contributed by atoms with van der Waals surface area (Å²) in [4.78, 5) is 3.19. The molecule has 0 aliphatic carbocycles. The zero-order valence-corrected chi connectivity index (χ0v) is 9.79. The van der Waals surface area contributed by atoms with Crippen LogP contribution in [0.5, 0.6) is 0 Å². The van der Waals surface area contributed by atoms with Gasteiger partial charge < -0.3 is 15.0 Å². The fourth-order valence-electron chi connectivity index (χ4n) is 1.72. The van der Waals surface area contributed by atoms with E-state index in [4.69, 9.17) is 4.74 Å². The molecule has 1 aromatic heterocycles. The van der Waals surface area contributed by atoms with Gasteiger partial charge >= 0.3 is 0 Å². The predicted octanol–water partition coefficient (Wildman–Crippen LogP) is 2.29. The van der Waals surface area contributed by atoms with Gasteiger partial charge in [-0.15, -0.1) is 0 Å². The normalized spacial score (nSPS) is 13.1. The van der Waals surface area contributed by atoms with Crippen molar-refractivity contribution in [1.29, 1.82) is 0 Å². The van der Waals surface area contributed by atoms with E-state index in [1.807, 2.05) is 6.20 Å². The second-order valence-corrected chi connectivity index (χ2v) is 4.08. The van der Waals surface area contributed by atoms with Crippen molar-refractivity contribution in [2.75, 3.05) is 13.7 Å². The number of benzene rings is 1. The summed E-state index contributed by atoms with van der Waals surface area (Å²) in [5.41, 5.74) is 2.49. The maximum absolute atomic E-state index is 5.18. The Balaban J connectivity index is 1.93. The van der Waals surface area contributed by atoms with Crippen molar-refractivity contribution in [3.63, 3.8) is 0 Å². The highest BCUT2D eigenvalue weighted by Gasteiger charge is 2.00. The van der Waals surface area contributed by atoms with E-state index in [-0.39, 0.29) is 6.10 Å². The number of hydrogen-bond acceptors (Lipinski definition) is 2. The molecule has 16 heavy (non-hydrogen) atoms. The molecule has 0 fully saturated rings. The third-order valence-corrected chi connectivity index (χ3v) is 2.78. The molecule has 2 aromatic rings. The molecule has 1 unspecified atom stereocenters. The van der Waals surface area contributed by atoms with Crippen LogP contribution in [0.1, 0.15) is 12.5 Å². The van der Waals surface area contributed by atoms with E-state index in [1.54, 1.807) is 7.11 Å². The molecule has 0 aliphatic rings.